The predicted molar refractivity (Wildman–Crippen MR) is 80.4 cm³/mol. The van der Waals surface area contributed by atoms with E-state index in [9.17, 15) is 14.7 Å². The normalized spacial score (nSPS) is 11.3. The monoisotopic (exact) mass is 302 g/mol. The highest BCUT2D eigenvalue weighted by atomic mass is 16.6. The molecule has 6 heteroatoms. The van der Waals surface area contributed by atoms with Gasteiger partial charge >= 0.3 is 11.9 Å². The first-order valence-corrected chi connectivity index (χ1v) is 6.81. The molecule has 0 aliphatic heterocycles. The summed E-state index contributed by atoms with van der Waals surface area (Å²) in [4.78, 5) is 23.4. The fourth-order valence-electron chi connectivity index (χ4n) is 1.95. The van der Waals surface area contributed by atoms with Crippen molar-refractivity contribution < 1.29 is 19.4 Å². The number of carboxylic acids is 1. The van der Waals surface area contributed by atoms with E-state index in [4.69, 9.17) is 4.74 Å². The second kappa shape index (κ2) is 5.63. The highest BCUT2D eigenvalue weighted by Crippen LogP contribution is 2.17. The van der Waals surface area contributed by atoms with Crippen molar-refractivity contribution in [3.63, 3.8) is 0 Å². The summed E-state index contributed by atoms with van der Waals surface area (Å²) in [6.45, 7) is 7.07. The number of carboxylic acid groups (broad SMARTS) is 1. The number of carbonyl (C=O) groups excluding carboxylic acids is 1. The highest BCUT2D eigenvalue weighted by molar-refractivity contribution is 5.91. The molecule has 22 heavy (non-hydrogen) atoms. The van der Waals surface area contributed by atoms with Gasteiger partial charge in [0, 0.05) is 0 Å². The number of ether oxygens (including phenoxy) is 1. The first-order valence-electron chi connectivity index (χ1n) is 6.81. The molecule has 0 spiro atoms. The minimum Gasteiger partial charge on any atom is -0.477 e. The predicted octanol–water partition coefficient (Wildman–Crippen LogP) is 2.83. The number of esters is 1. The molecule has 0 radical (unpaired) electrons. The van der Waals surface area contributed by atoms with Gasteiger partial charge in [-0.2, -0.15) is 5.10 Å². The summed E-state index contributed by atoms with van der Waals surface area (Å²) in [6, 6.07) is 8.01. The minimum atomic E-state index is -1.08. The van der Waals surface area contributed by atoms with Crippen LogP contribution in [0.5, 0.6) is 0 Å². The number of carbonyl (C=O) groups is 2. The molecule has 1 aromatic carbocycles. The number of hydrogen-bond donors (Lipinski definition) is 1. The van der Waals surface area contributed by atoms with Gasteiger partial charge in [-0.3, -0.25) is 0 Å². The Labute approximate surface area is 128 Å². The molecule has 0 saturated heterocycles. The molecule has 0 fully saturated rings. The lowest BCUT2D eigenvalue weighted by atomic mass is 10.1. The van der Waals surface area contributed by atoms with Crippen molar-refractivity contribution in [2.45, 2.75) is 33.3 Å². The standard InChI is InChI=1S/C16H18N2O4/c1-10-8-13(14(19)20)18(17-10)12-7-5-6-11(9-12)15(21)22-16(2,3)4/h5-9H,1-4H3,(H,19,20). The Morgan fingerprint density at radius 1 is 1.23 bits per heavy atom. The molecule has 0 unspecified atom stereocenters. The number of hydrogen-bond acceptors (Lipinski definition) is 4. The molecule has 2 rings (SSSR count). The summed E-state index contributed by atoms with van der Waals surface area (Å²) < 4.78 is 6.61. The third kappa shape index (κ3) is 3.52. The molecular weight excluding hydrogens is 284 g/mol. The van der Waals surface area contributed by atoms with Crippen LogP contribution in [0, 0.1) is 6.92 Å². The van der Waals surface area contributed by atoms with E-state index in [2.05, 4.69) is 5.10 Å². The van der Waals surface area contributed by atoms with E-state index in [0.29, 0.717) is 16.9 Å². The Kier molecular flexibility index (Phi) is 4.03. The minimum absolute atomic E-state index is 0.0406. The second-order valence-electron chi connectivity index (χ2n) is 5.94. The Bertz CT molecular complexity index is 726. The Balaban J connectivity index is 2.41. The lowest BCUT2D eigenvalue weighted by Gasteiger charge is -2.19. The van der Waals surface area contributed by atoms with Crippen LogP contribution in [-0.4, -0.2) is 32.4 Å². The number of aromatic nitrogens is 2. The van der Waals surface area contributed by atoms with Gasteiger partial charge < -0.3 is 9.84 Å². The maximum absolute atomic E-state index is 12.1. The van der Waals surface area contributed by atoms with Gasteiger partial charge in [0.25, 0.3) is 0 Å². The SMILES string of the molecule is Cc1cc(C(=O)O)n(-c2cccc(C(=O)OC(C)(C)C)c2)n1. The summed E-state index contributed by atoms with van der Waals surface area (Å²) in [7, 11) is 0. The van der Waals surface area contributed by atoms with Crippen molar-refractivity contribution in [3.8, 4) is 5.69 Å². The molecule has 0 amide bonds. The fourth-order valence-corrected chi connectivity index (χ4v) is 1.95. The molecular formula is C16H18N2O4. The second-order valence-corrected chi connectivity index (χ2v) is 5.94. The zero-order valence-corrected chi connectivity index (χ0v) is 13.0. The summed E-state index contributed by atoms with van der Waals surface area (Å²) in [5.74, 6) is -1.54. The van der Waals surface area contributed by atoms with Crippen LogP contribution in [0.1, 0.15) is 47.3 Å². The van der Waals surface area contributed by atoms with E-state index < -0.39 is 17.5 Å². The molecule has 0 bridgehead atoms. The van der Waals surface area contributed by atoms with Gasteiger partial charge in [-0.25, -0.2) is 14.3 Å². The van der Waals surface area contributed by atoms with Crippen molar-refractivity contribution >= 4 is 11.9 Å². The van der Waals surface area contributed by atoms with Crippen LogP contribution in [0.3, 0.4) is 0 Å². The van der Waals surface area contributed by atoms with Crippen LogP contribution in [0.25, 0.3) is 5.69 Å². The van der Waals surface area contributed by atoms with E-state index in [0.717, 1.165) is 0 Å². The Hall–Kier alpha value is -2.63. The maximum atomic E-state index is 12.1. The lowest BCUT2D eigenvalue weighted by Crippen LogP contribution is -2.24. The highest BCUT2D eigenvalue weighted by Gasteiger charge is 2.19. The molecule has 0 saturated carbocycles. The Morgan fingerprint density at radius 3 is 2.50 bits per heavy atom. The number of rotatable bonds is 3. The molecule has 1 N–H and O–H groups in total. The van der Waals surface area contributed by atoms with Crippen molar-refractivity contribution in [2.24, 2.45) is 0 Å². The molecule has 2 aromatic rings. The largest absolute Gasteiger partial charge is 0.477 e. The van der Waals surface area contributed by atoms with E-state index in [1.807, 2.05) is 0 Å². The van der Waals surface area contributed by atoms with Gasteiger partial charge in [-0.05, 0) is 52.0 Å². The zero-order valence-electron chi connectivity index (χ0n) is 13.0. The van der Waals surface area contributed by atoms with E-state index in [1.54, 1.807) is 52.0 Å². The quantitative estimate of drug-likeness (QED) is 0.882. The van der Waals surface area contributed by atoms with Gasteiger partial charge in [0.1, 0.15) is 5.60 Å². The van der Waals surface area contributed by atoms with E-state index >= 15 is 0 Å². The summed E-state index contributed by atoms with van der Waals surface area (Å²) >= 11 is 0. The molecule has 116 valence electrons. The average molecular weight is 302 g/mol. The van der Waals surface area contributed by atoms with Crippen LogP contribution >= 0.6 is 0 Å². The van der Waals surface area contributed by atoms with Crippen molar-refractivity contribution in [1.82, 2.24) is 9.78 Å². The topological polar surface area (TPSA) is 81.4 Å². The Morgan fingerprint density at radius 2 is 1.91 bits per heavy atom. The number of nitrogens with zero attached hydrogens (tertiary/aromatic N) is 2. The van der Waals surface area contributed by atoms with Crippen molar-refractivity contribution in [1.29, 1.82) is 0 Å². The summed E-state index contributed by atoms with van der Waals surface area (Å²) in [5.41, 5.74) is 0.867. The van der Waals surface area contributed by atoms with Crippen molar-refractivity contribution in [2.75, 3.05) is 0 Å². The first-order chi connectivity index (χ1) is 10.2. The maximum Gasteiger partial charge on any atom is 0.354 e. The summed E-state index contributed by atoms with van der Waals surface area (Å²) in [5, 5.41) is 13.4. The third-order valence-electron chi connectivity index (χ3n) is 2.78. The van der Waals surface area contributed by atoms with Gasteiger partial charge in [0.2, 0.25) is 0 Å². The molecule has 1 heterocycles. The fraction of sp³-hybridized carbons (Fsp3) is 0.312. The number of aryl methyl sites for hydroxylation is 1. The van der Waals surface area contributed by atoms with Crippen LogP contribution in [0.2, 0.25) is 0 Å². The molecule has 0 atom stereocenters. The third-order valence-corrected chi connectivity index (χ3v) is 2.78. The van der Waals surface area contributed by atoms with Gasteiger partial charge in [-0.1, -0.05) is 6.07 Å². The first kappa shape index (κ1) is 15.8. The van der Waals surface area contributed by atoms with Crippen LogP contribution in [0.4, 0.5) is 0 Å². The molecule has 0 aliphatic rings. The molecule has 1 aromatic heterocycles. The van der Waals surface area contributed by atoms with Gasteiger partial charge in [0.05, 0.1) is 16.9 Å². The smallest absolute Gasteiger partial charge is 0.354 e. The number of benzene rings is 1. The summed E-state index contributed by atoms with van der Waals surface area (Å²) in [6.07, 6.45) is 0. The van der Waals surface area contributed by atoms with Gasteiger partial charge in [0.15, 0.2) is 5.69 Å². The van der Waals surface area contributed by atoms with E-state index in [-0.39, 0.29) is 5.69 Å². The van der Waals surface area contributed by atoms with Crippen LogP contribution in [0.15, 0.2) is 30.3 Å². The number of aromatic carboxylic acids is 1. The van der Waals surface area contributed by atoms with Crippen LogP contribution in [-0.2, 0) is 4.74 Å². The molecule has 6 nitrogen and oxygen atoms in total. The zero-order chi connectivity index (χ0) is 16.5. The van der Waals surface area contributed by atoms with Crippen LogP contribution < -0.4 is 0 Å². The average Bonchev–Trinajstić information content (AvgIpc) is 2.79. The molecule has 0 aliphatic carbocycles. The van der Waals surface area contributed by atoms with Gasteiger partial charge in [-0.15, -0.1) is 0 Å². The van der Waals surface area contributed by atoms with E-state index in [1.165, 1.54) is 10.7 Å². The van der Waals surface area contributed by atoms with Crippen molar-refractivity contribution in [3.05, 3.63) is 47.3 Å². The lowest BCUT2D eigenvalue weighted by molar-refractivity contribution is 0.00693.